The van der Waals surface area contributed by atoms with Crippen molar-refractivity contribution in [3.05, 3.63) is 479 Å². The monoisotopic (exact) mass is 1550 g/mol. The molecule has 0 N–H and O–H groups in total. The second kappa shape index (κ2) is 33.6. The normalized spacial score (nSPS) is 10.8. The van der Waals surface area contributed by atoms with Gasteiger partial charge in [-0.3, -0.25) is 0 Å². The molecular formula is C116H74N6. The summed E-state index contributed by atoms with van der Waals surface area (Å²) in [6, 6.07) is 147. The van der Waals surface area contributed by atoms with Crippen LogP contribution in [0.3, 0.4) is 0 Å². The van der Waals surface area contributed by atoms with Gasteiger partial charge in [0.2, 0.25) is 0 Å². The second-order valence-electron chi connectivity index (χ2n) is 30.0. The zero-order chi connectivity index (χ0) is 82.2. The predicted molar refractivity (Wildman–Crippen MR) is 508 cm³/mol. The molecule has 0 fully saturated rings. The highest BCUT2D eigenvalue weighted by molar-refractivity contribution is 6.30. The number of rotatable bonds is 12. The highest BCUT2D eigenvalue weighted by Gasteiger charge is 2.25. The molecule has 0 aliphatic heterocycles. The third-order valence-electron chi connectivity index (χ3n) is 22.4. The number of hydrogen-bond acceptors (Lipinski definition) is 6. The number of para-hydroxylation sites is 8. The van der Waals surface area contributed by atoms with Crippen LogP contribution in [0.1, 0.15) is 66.8 Å². The van der Waals surface area contributed by atoms with Crippen LogP contribution < -0.4 is 19.6 Å². The second-order valence-corrected chi connectivity index (χ2v) is 30.0. The molecule has 0 spiro atoms. The van der Waals surface area contributed by atoms with Crippen LogP contribution >= 0.6 is 0 Å². The van der Waals surface area contributed by atoms with Gasteiger partial charge in [0.05, 0.1) is 34.6 Å². The number of hydrogen-bond donors (Lipinski definition) is 0. The molecule has 6 heteroatoms. The van der Waals surface area contributed by atoms with Crippen LogP contribution in [-0.4, -0.2) is 0 Å². The van der Waals surface area contributed by atoms with Crippen molar-refractivity contribution in [2.45, 2.75) is 13.8 Å². The van der Waals surface area contributed by atoms with Crippen molar-refractivity contribution in [2.75, 3.05) is 19.6 Å². The van der Waals surface area contributed by atoms with Crippen LogP contribution in [0.2, 0.25) is 0 Å². The fraction of sp³-hybridized carbons (Fsp3) is 0.0172. The van der Waals surface area contributed by atoms with E-state index in [2.05, 4.69) is 445 Å². The molecule has 0 amide bonds. The van der Waals surface area contributed by atoms with Crippen molar-refractivity contribution in [1.82, 2.24) is 0 Å². The van der Waals surface area contributed by atoms with E-state index >= 15 is 0 Å². The summed E-state index contributed by atoms with van der Waals surface area (Å²) >= 11 is 0. The highest BCUT2D eigenvalue weighted by atomic mass is 15.2. The standard InChI is InChI=1S/C69H47N3.C47H27N3/c1-50-48-53(38-32-51-34-40-61(41-35-51)70(55-20-8-2-9-21-55)56-22-10-3-11-23-56)64-46-47-66-67(72(59-28-16-6-17-29-59)60-30-18-7-19-31-60)49-54(65-45-44-63(50)68(64)69(65)66)39-33-52-36-42-62(43-37-52)71(57-24-12-4-13-25-57)58-26-14-5-15-27-58;1-32-28-37(22-20-33-12-16-35(30-48)17-13-33)42-26-27-44-45(50(39-8-4-2-5-9-39)40-10-6-3-7-11-40)29-38(43-25-24-41(32)46(42)47(43)44)23-21-34-14-18-36(31-49)19-15-34/h2-31,34-37,40-49H,1H3;2-19,24-29H,1H3. The first kappa shape index (κ1) is 75.0. The van der Waals surface area contributed by atoms with Gasteiger partial charge in [-0.2, -0.15) is 10.5 Å². The maximum Gasteiger partial charge on any atom is 0.0991 e. The summed E-state index contributed by atoms with van der Waals surface area (Å²) < 4.78 is 0. The first-order valence-corrected chi connectivity index (χ1v) is 40.7. The molecule has 0 radical (unpaired) electrons. The Balaban J connectivity index is 0.000000172. The van der Waals surface area contributed by atoms with Crippen molar-refractivity contribution < 1.29 is 0 Å². The lowest BCUT2D eigenvalue weighted by Gasteiger charge is -2.28. The maximum atomic E-state index is 9.30. The average molecular weight is 1550 g/mol. The summed E-state index contributed by atoms with van der Waals surface area (Å²) in [6.07, 6.45) is 0. The Morgan fingerprint density at radius 1 is 0.172 bits per heavy atom. The van der Waals surface area contributed by atoms with Gasteiger partial charge in [0.25, 0.3) is 0 Å². The average Bonchev–Trinajstić information content (AvgIpc) is 0.718. The fourth-order valence-corrected chi connectivity index (χ4v) is 16.7. The van der Waals surface area contributed by atoms with Crippen LogP contribution in [0.4, 0.5) is 68.2 Å². The largest absolute Gasteiger partial charge is 0.311 e. The number of anilines is 12. The first-order valence-electron chi connectivity index (χ1n) is 40.7. The maximum absolute atomic E-state index is 9.30. The third kappa shape index (κ3) is 15.0. The number of nitrogens with zero attached hydrogens (tertiary/aromatic N) is 6. The topological polar surface area (TPSA) is 60.5 Å². The van der Waals surface area contributed by atoms with Crippen molar-refractivity contribution in [1.29, 1.82) is 10.5 Å². The van der Waals surface area contributed by atoms with E-state index < -0.39 is 0 Å². The van der Waals surface area contributed by atoms with Gasteiger partial charge >= 0.3 is 0 Å². The SMILES string of the molecule is Cc1cc(C#Cc2ccc(C#N)cc2)c2ccc3c(N(c4ccccc4)c4ccccc4)cc(C#Cc4ccc(C#N)cc4)c4ccc1c2c43.Cc1cc(C#Cc2ccc(N(c3ccccc3)c3ccccc3)cc2)c2ccc3c(N(c4ccccc4)c4ccccc4)cc(C#Cc4ccc(N(c5ccccc5)c5ccccc5)cc4)c4ccc1c2c43. The molecule has 20 aromatic rings. The highest BCUT2D eigenvalue weighted by Crippen LogP contribution is 2.49. The Kier molecular flexibility index (Phi) is 20.7. The summed E-state index contributed by atoms with van der Waals surface area (Å²) in [5.74, 6) is 28.2. The lowest BCUT2D eigenvalue weighted by atomic mass is 9.87. The number of aryl methyl sites for hydroxylation is 2. The summed E-state index contributed by atoms with van der Waals surface area (Å²) in [5, 5.41) is 32.2. The summed E-state index contributed by atoms with van der Waals surface area (Å²) in [5.41, 5.74) is 23.8. The Morgan fingerprint density at radius 3 is 0.607 bits per heavy atom. The van der Waals surface area contributed by atoms with E-state index in [9.17, 15) is 10.5 Å². The molecule has 0 unspecified atom stereocenters. The van der Waals surface area contributed by atoms with Crippen LogP contribution in [0.5, 0.6) is 0 Å². The van der Waals surface area contributed by atoms with Crippen LogP contribution in [0.25, 0.3) is 64.6 Å². The van der Waals surface area contributed by atoms with Crippen LogP contribution in [-0.2, 0) is 0 Å². The molecule has 20 aromatic carbocycles. The number of benzene rings is 20. The van der Waals surface area contributed by atoms with E-state index in [4.69, 9.17) is 0 Å². The van der Waals surface area contributed by atoms with Gasteiger partial charge in [0.15, 0.2) is 0 Å². The molecule has 0 aromatic heterocycles. The van der Waals surface area contributed by atoms with Gasteiger partial charge in [-0.25, -0.2) is 0 Å². The van der Waals surface area contributed by atoms with E-state index in [0.717, 1.165) is 161 Å². The van der Waals surface area contributed by atoms with Crippen LogP contribution in [0, 0.1) is 83.9 Å². The predicted octanol–water partition coefficient (Wildman–Crippen LogP) is 29.0. The summed E-state index contributed by atoms with van der Waals surface area (Å²) in [6.45, 7) is 4.35. The molecule has 0 saturated heterocycles. The first-order chi connectivity index (χ1) is 60.2. The fourth-order valence-electron chi connectivity index (χ4n) is 16.7. The summed E-state index contributed by atoms with van der Waals surface area (Å²) in [7, 11) is 0. The molecule has 0 bridgehead atoms. The Morgan fingerprint density at radius 2 is 0.361 bits per heavy atom. The molecule has 0 heterocycles. The summed E-state index contributed by atoms with van der Waals surface area (Å²) in [4.78, 5) is 9.21. The van der Waals surface area contributed by atoms with Crippen molar-refractivity contribution in [3.63, 3.8) is 0 Å². The molecule has 0 atom stereocenters. The molecular weight excluding hydrogens is 1480 g/mol. The van der Waals surface area contributed by atoms with Crippen molar-refractivity contribution in [2.24, 2.45) is 0 Å². The molecule has 568 valence electrons. The van der Waals surface area contributed by atoms with Gasteiger partial charge in [-0.05, 0) is 286 Å². The molecule has 6 nitrogen and oxygen atoms in total. The van der Waals surface area contributed by atoms with Crippen molar-refractivity contribution >= 4 is 133 Å². The van der Waals surface area contributed by atoms with E-state index in [1.807, 2.05) is 36.4 Å². The lowest BCUT2D eigenvalue weighted by molar-refractivity contribution is 1.28. The molecule has 0 aliphatic carbocycles. The lowest BCUT2D eigenvalue weighted by Crippen LogP contribution is -2.11. The Labute approximate surface area is 710 Å². The van der Waals surface area contributed by atoms with E-state index in [-0.39, 0.29) is 0 Å². The minimum Gasteiger partial charge on any atom is -0.311 e. The third-order valence-corrected chi connectivity index (χ3v) is 22.4. The minimum atomic E-state index is 0.607. The molecule has 0 saturated carbocycles. The Hall–Kier alpha value is -17.1. The minimum absolute atomic E-state index is 0.607. The van der Waals surface area contributed by atoms with Gasteiger partial charge < -0.3 is 19.6 Å². The smallest absolute Gasteiger partial charge is 0.0991 e. The van der Waals surface area contributed by atoms with E-state index in [1.54, 1.807) is 24.3 Å². The van der Waals surface area contributed by atoms with E-state index in [1.165, 1.54) is 27.1 Å². The molecule has 20 rings (SSSR count). The Bertz CT molecular complexity index is 7460. The van der Waals surface area contributed by atoms with E-state index in [0.29, 0.717) is 11.1 Å². The van der Waals surface area contributed by atoms with Crippen molar-refractivity contribution in [3.8, 4) is 59.5 Å². The van der Waals surface area contributed by atoms with Gasteiger partial charge in [-0.15, -0.1) is 0 Å². The quantitative estimate of drug-likeness (QED) is 0.0897. The van der Waals surface area contributed by atoms with Gasteiger partial charge in [0.1, 0.15) is 0 Å². The molecule has 122 heavy (non-hydrogen) atoms. The molecule has 0 aliphatic rings. The zero-order valence-electron chi connectivity index (χ0n) is 66.9. The van der Waals surface area contributed by atoms with Gasteiger partial charge in [0, 0.05) is 123 Å². The van der Waals surface area contributed by atoms with Gasteiger partial charge in [-0.1, -0.05) is 241 Å². The zero-order valence-corrected chi connectivity index (χ0v) is 66.9. The number of nitriles is 2. The van der Waals surface area contributed by atoms with Crippen LogP contribution in [0.15, 0.2) is 413 Å².